The first kappa shape index (κ1) is 35.8. The van der Waals surface area contributed by atoms with Gasteiger partial charge < -0.3 is 0 Å². The summed E-state index contributed by atoms with van der Waals surface area (Å²) >= 11 is 0. The van der Waals surface area contributed by atoms with Gasteiger partial charge in [-0.2, -0.15) is 4.39 Å². The lowest BCUT2D eigenvalue weighted by Crippen LogP contribution is -1.96. The molecule has 7 aromatic carbocycles. The van der Waals surface area contributed by atoms with E-state index < -0.39 is 5.95 Å². The van der Waals surface area contributed by atoms with Crippen LogP contribution in [0.4, 0.5) is 17.6 Å². The van der Waals surface area contributed by atoms with Crippen molar-refractivity contribution in [2.45, 2.75) is 0 Å². The van der Waals surface area contributed by atoms with Crippen molar-refractivity contribution in [1.82, 2.24) is 15.0 Å². The van der Waals surface area contributed by atoms with Gasteiger partial charge >= 0.3 is 0 Å². The first-order chi connectivity index (χ1) is 28.3. The molecule has 2 aromatic heterocycles. The van der Waals surface area contributed by atoms with Crippen LogP contribution in [-0.2, 0) is 0 Å². The molecule has 0 aliphatic rings. The third kappa shape index (κ3) is 7.66. The van der Waals surface area contributed by atoms with Crippen molar-refractivity contribution in [2.75, 3.05) is 0 Å². The van der Waals surface area contributed by atoms with Crippen LogP contribution in [0.15, 0.2) is 164 Å². The van der Waals surface area contributed by atoms with E-state index in [1.165, 1.54) is 48.7 Å². The summed E-state index contributed by atoms with van der Waals surface area (Å²) in [7, 11) is 0. The largest absolute Gasteiger partial charge is 0.244 e. The normalized spacial score (nSPS) is 10.8. The van der Waals surface area contributed by atoms with Gasteiger partial charge in [0.2, 0.25) is 5.95 Å². The van der Waals surface area contributed by atoms with E-state index in [9.17, 15) is 17.6 Å². The topological polar surface area (TPSA) is 38.7 Å². The monoisotopic (exact) mass is 757 g/mol. The van der Waals surface area contributed by atoms with E-state index in [-0.39, 0.29) is 17.5 Å². The van der Waals surface area contributed by atoms with E-state index in [2.05, 4.69) is 28.7 Å². The van der Waals surface area contributed by atoms with Crippen molar-refractivity contribution in [1.29, 1.82) is 0 Å². The first-order valence-corrected chi connectivity index (χ1v) is 18.2. The molecule has 0 aliphatic heterocycles. The van der Waals surface area contributed by atoms with Gasteiger partial charge in [0.05, 0.1) is 22.4 Å². The molecule has 0 unspecified atom stereocenters. The number of halogens is 4. The van der Waals surface area contributed by atoms with Crippen molar-refractivity contribution in [2.24, 2.45) is 0 Å². The second kappa shape index (κ2) is 15.3. The number of rotatable bonds is 4. The van der Waals surface area contributed by atoms with Crippen LogP contribution < -0.4 is 0 Å². The third-order valence-electron chi connectivity index (χ3n) is 9.66. The van der Waals surface area contributed by atoms with E-state index in [0.717, 1.165) is 55.3 Å². The maximum Gasteiger partial charge on any atom is 0.212 e. The Hall–Kier alpha value is -7.87. The lowest BCUT2D eigenvalue weighted by Gasteiger charge is -2.13. The molecule has 0 saturated carbocycles. The molecule has 7 heteroatoms. The van der Waals surface area contributed by atoms with Crippen LogP contribution in [0.1, 0.15) is 22.3 Å². The molecule has 0 radical (unpaired) electrons. The minimum absolute atomic E-state index is 0.322. The molecule has 0 fully saturated rings. The highest BCUT2D eigenvalue weighted by Crippen LogP contribution is 2.36. The average molecular weight is 758 g/mol. The van der Waals surface area contributed by atoms with Crippen LogP contribution in [0.2, 0.25) is 0 Å². The minimum Gasteiger partial charge on any atom is -0.244 e. The fourth-order valence-corrected chi connectivity index (χ4v) is 6.69. The fourth-order valence-electron chi connectivity index (χ4n) is 6.69. The zero-order chi connectivity index (χ0) is 39.6. The summed E-state index contributed by atoms with van der Waals surface area (Å²) in [6, 6.07) is 44.7. The van der Waals surface area contributed by atoms with Crippen molar-refractivity contribution in [3.63, 3.8) is 0 Å². The number of aromatic nitrogens is 3. The van der Waals surface area contributed by atoms with Crippen molar-refractivity contribution in [3.8, 4) is 68.5 Å². The molecule has 9 aromatic rings. The molecule has 0 aliphatic carbocycles. The predicted octanol–water partition coefficient (Wildman–Crippen LogP) is 12.2. The molecule has 58 heavy (non-hydrogen) atoms. The molecule has 0 saturated heterocycles. The summed E-state index contributed by atoms with van der Waals surface area (Å²) in [5, 5.41) is 1.93. The standard InChI is InChI=1S/C51H27F4N3/c52-42-19-12-36(13-20-42)45-29-39-11-9-34(27-41(39)30-46(45)40-18-26-49(55)56-31-40)7-5-32-1-3-33(4-2-32)6-8-35-10-25-47-48(28-35)58-51(38-16-23-44(54)24-17-38)50(57-47)37-14-21-43(53)22-15-37/h1-4,9-31H. The highest BCUT2D eigenvalue weighted by atomic mass is 19.1. The van der Waals surface area contributed by atoms with E-state index >= 15 is 0 Å². The van der Waals surface area contributed by atoms with Gasteiger partial charge in [0.15, 0.2) is 0 Å². The molecule has 0 atom stereocenters. The van der Waals surface area contributed by atoms with Crippen LogP contribution in [0.3, 0.4) is 0 Å². The smallest absolute Gasteiger partial charge is 0.212 e. The second-order valence-electron chi connectivity index (χ2n) is 13.6. The van der Waals surface area contributed by atoms with Gasteiger partial charge in [-0.1, -0.05) is 41.9 Å². The number of nitrogens with zero attached hydrogens (tertiary/aromatic N) is 3. The fraction of sp³-hybridized carbons (Fsp3) is 0. The lowest BCUT2D eigenvalue weighted by molar-refractivity contribution is 0.584. The van der Waals surface area contributed by atoms with Crippen LogP contribution in [0.25, 0.3) is 66.6 Å². The summed E-state index contributed by atoms with van der Waals surface area (Å²) in [5.41, 5.74) is 10.2. The highest BCUT2D eigenvalue weighted by Gasteiger charge is 2.15. The predicted molar refractivity (Wildman–Crippen MR) is 221 cm³/mol. The summed E-state index contributed by atoms with van der Waals surface area (Å²) < 4.78 is 55.0. The Bertz CT molecular complexity index is 2900. The Morgan fingerprint density at radius 1 is 0.345 bits per heavy atom. The summed E-state index contributed by atoms with van der Waals surface area (Å²) in [4.78, 5) is 13.6. The summed E-state index contributed by atoms with van der Waals surface area (Å²) in [5.74, 6) is 11.3. The molecule has 0 bridgehead atoms. The van der Waals surface area contributed by atoms with Gasteiger partial charge in [0.25, 0.3) is 0 Å². The van der Waals surface area contributed by atoms with Gasteiger partial charge in [-0.15, -0.1) is 0 Å². The van der Waals surface area contributed by atoms with E-state index in [1.54, 1.807) is 42.5 Å². The molecule has 0 N–H and O–H groups in total. The highest BCUT2D eigenvalue weighted by molar-refractivity contribution is 5.97. The van der Waals surface area contributed by atoms with Crippen LogP contribution in [0, 0.1) is 47.1 Å². The number of hydrogen-bond acceptors (Lipinski definition) is 3. The Balaban J connectivity index is 0.973. The Morgan fingerprint density at radius 3 is 1.36 bits per heavy atom. The van der Waals surface area contributed by atoms with Crippen molar-refractivity contribution in [3.05, 3.63) is 210 Å². The Morgan fingerprint density at radius 2 is 0.793 bits per heavy atom. The zero-order valence-electron chi connectivity index (χ0n) is 30.4. The maximum atomic E-state index is 13.8. The molecular formula is C51H27F4N3. The molecule has 0 amide bonds. The number of pyridine rings is 1. The zero-order valence-corrected chi connectivity index (χ0v) is 30.4. The van der Waals surface area contributed by atoms with E-state index in [1.807, 2.05) is 72.8 Å². The summed E-state index contributed by atoms with van der Waals surface area (Å²) in [6.45, 7) is 0. The quantitative estimate of drug-likeness (QED) is 0.102. The van der Waals surface area contributed by atoms with Gasteiger partial charge in [0.1, 0.15) is 17.5 Å². The van der Waals surface area contributed by atoms with Crippen LogP contribution in [-0.4, -0.2) is 15.0 Å². The number of hydrogen-bond donors (Lipinski definition) is 0. The van der Waals surface area contributed by atoms with Gasteiger partial charge in [-0.3, -0.25) is 0 Å². The van der Waals surface area contributed by atoms with Crippen LogP contribution in [0.5, 0.6) is 0 Å². The van der Waals surface area contributed by atoms with Gasteiger partial charge in [-0.25, -0.2) is 28.1 Å². The lowest BCUT2D eigenvalue weighted by atomic mass is 9.91. The SMILES string of the molecule is Fc1ccc(-c2cc3ccc(C#Cc4ccc(C#Cc5ccc6nc(-c7ccc(F)cc7)c(-c7ccc(F)cc7)nc6c5)cc4)cc3cc2-c2ccc(F)nc2)cc1. The Labute approximate surface area is 331 Å². The van der Waals surface area contributed by atoms with E-state index in [4.69, 9.17) is 9.97 Å². The van der Waals surface area contributed by atoms with Gasteiger partial charge in [-0.05, 0) is 167 Å². The van der Waals surface area contributed by atoms with E-state index in [0.29, 0.717) is 33.5 Å². The van der Waals surface area contributed by atoms with Crippen LogP contribution >= 0.6 is 0 Å². The third-order valence-corrected chi connectivity index (χ3v) is 9.66. The molecule has 2 heterocycles. The molecule has 3 nitrogen and oxygen atoms in total. The molecule has 9 rings (SSSR count). The summed E-state index contributed by atoms with van der Waals surface area (Å²) in [6.07, 6.45) is 1.50. The minimum atomic E-state index is -0.565. The van der Waals surface area contributed by atoms with Crippen molar-refractivity contribution >= 4 is 21.8 Å². The maximum absolute atomic E-state index is 13.8. The first-order valence-electron chi connectivity index (χ1n) is 18.2. The Kier molecular flexibility index (Phi) is 9.47. The average Bonchev–Trinajstić information content (AvgIpc) is 3.25. The van der Waals surface area contributed by atoms with Gasteiger partial charge in [0, 0.05) is 45.1 Å². The van der Waals surface area contributed by atoms with Crippen molar-refractivity contribution < 1.29 is 17.6 Å². The molecule has 0 spiro atoms. The number of fused-ring (bicyclic) bond motifs is 2. The molecular weight excluding hydrogens is 731 g/mol. The molecule has 274 valence electrons. The number of benzene rings is 7. The second-order valence-corrected chi connectivity index (χ2v) is 13.6.